The van der Waals surface area contributed by atoms with E-state index in [0.717, 1.165) is 32.1 Å². The number of morpholine rings is 1. The minimum absolute atomic E-state index is 0.580. The molecule has 1 aromatic heterocycles. The van der Waals surface area contributed by atoms with Gasteiger partial charge in [-0.1, -0.05) is 6.92 Å². The van der Waals surface area contributed by atoms with Gasteiger partial charge in [0.05, 0.1) is 13.2 Å². The predicted molar refractivity (Wildman–Crippen MR) is 85.8 cm³/mol. The van der Waals surface area contributed by atoms with E-state index in [-0.39, 0.29) is 0 Å². The summed E-state index contributed by atoms with van der Waals surface area (Å²) in [5.41, 5.74) is 2.82. The summed E-state index contributed by atoms with van der Waals surface area (Å²) < 4.78 is 5.42. The molecule has 1 aromatic rings. The molecule has 0 bridgehead atoms. The minimum Gasteiger partial charge on any atom is -0.378 e. The van der Waals surface area contributed by atoms with Gasteiger partial charge in [-0.05, 0) is 56.5 Å². The van der Waals surface area contributed by atoms with Crippen molar-refractivity contribution in [3.8, 4) is 0 Å². The number of nitrogens with zero attached hydrogens (tertiary/aromatic N) is 3. The zero-order chi connectivity index (χ0) is 14.7. The molecule has 4 heteroatoms. The number of likely N-dealkylation sites (tertiary alicyclic amines) is 1. The maximum absolute atomic E-state index is 5.42. The molecule has 0 amide bonds. The molecular formula is C17H27N3O. The Labute approximate surface area is 128 Å². The van der Waals surface area contributed by atoms with Gasteiger partial charge in [0.15, 0.2) is 0 Å². The van der Waals surface area contributed by atoms with Gasteiger partial charge in [-0.3, -0.25) is 4.90 Å². The highest BCUT2D eigenvalue weighted by Crippen LogP contribution is 2.34. The number of hydrogen-bond donors (Lipinski definition) is 0. The zero-order valence-corrected chi connectivity index (χ0v) is 13.3. The molecule has 116 valence electrons. The van der Waals surface area contributed by atoms with E-state index < -0.39 is 0 Å². The van der Waals surface area contributed by atoms with Crippen LogP contribution >= 0.6 is 0 Å². The van der Waals surface area contributed by atoms with Crippen LogP contribution in [0.15, 0.2) is 12.3 Å². The molecule has 0 saturated carbocycles. The van der Waals surface area contributed by atoms with Crippen molar-refractivity contribution in [2.75, 3.05) is 44.3 Å². The molecule has 21 heavy (non-hydrogen) atoms. The highest BCUT2D eigenvalue weighted by Gasteiger charge is 2.27. The average molecular weight is 289 g/mol. The normalized spacial score (nSPS) is 23.7. The van der Waals surface area contributed by atoms with Crippen molar-refractivity contribution in [2.24, 2.45) is 0 Å². The molecule has 2 aliphatic rings. The van der Waals surface area contributed by atoms with Gasteiger partial charge in [-0.2, -0.15) is 0 Å². The van der Waals surface area contributed by atoms with Crippen LogP contribution in [-0.2, 0) is 4.74 Å². The lowest BCUT2D eigenvalue weighted by Gasteiger charge is -2.29. The summed E-state index contributed by atoms with van der Waals surface area (Å²) in [6, 6.07) is 2.85. The average Bonchev–Trinajstić information content (AvgIpc) is 2.96. The van der Waals surface area contributed by atoms with E-state index in [2.05, 4.69) is 35.9 Å². The molecule has 0 N–H and O–H groups in total. The van der Waals surface area contributed by atoms with Gasteiger partial charge in [-0.15, -0.1) is 0 Å². The zero-order valence-electron chi connectivity index (χ0n) is 13.3. The van der Waals surface area contributed by atoms with Crippen LogP contribution in [0, 0.1) is 6.92 Å². The third-order valence-corrected chi connectivity index (χ3v) is 4.71. The van der Waals surface area contributed by atoms with Gasteiger partial charge < -0.3 is 9.64 Å². The molecule has 3 heterocycles. The van der Waals surface area contributed by atoms with E-state index in [1.54, 1.807) is 0 Å². The maximum Gasteiger partial charge on any atom is 0.128 e. The van der Waals surface area contributed by atoms with Crippen LogP contribution in [0.2, 0.25) is 0 Å². The Morgan fingerprint density at radius 3 is 2.81 bits per heavy atom. The fourth-order valence-electron chi connectivity index (χ4n) is 3.60. The van der Waals surface area contributed by atoms with Gasteiger partial charge in [-0.25, -0.2) is 4.98 Å². The van der Waals surface area contributed by atoms with Gasteiger partial charge in [0.1, 0.15) is 5.82 Å². The van der Waals surface area contributed by atoms with Crippen molar-refractivity contribution in [3.63, 3.8) is 0 Å². The number of aryl methyl sites for hydroxylation is 1. The molecule has 1 atom stereocenters. The van der Waals surface area contributed by atoms with E-state index >= 15 is 0 Å². The number of pyridine rings is 1. The van der Waals surface area contributed by atoms with Crippen LogP contribution in [0.5, 0.6) is 0 Å². The van der Waals surface area contributed by atoms with Gasteiger partial charge in [0.2, 0.25) is 0 Å². The molecule has 0 aromatic carbocycles. The lowest BCUT2D eigenvalue weighted by atomic mass is 10.0. The Bertz CT molecular complexity index is 471. The van der Waals surface area contributed by atoms with E-state index in [0.29, 0.717) is 6.04 Å². The molecule has 2 fully saturated rings. The molecule has 4 nitrogen and oxygen atoms in total. The van der Waals surface area contributed by atoms with E-state index in [1.807, 2.05) is 0 Å². The summed E-state index contributed by atoms with van der Waals surface area (Å²) in [6.07, 6.45) is 5.95. The summed E-state index contributed by atoms with van der Waals surface area (Å²) >= 11 is 0. The second kappa shape index (κ2) is 6.75. The van der Waals surface area contributed by atoms with E-state index in [4.69, 9.17) is 9.72 Å². The topological polar surface area (TPSA) is 28.6 Å². The van der Waals surface area contributed by atoms with Gasteiger partial charge >= 0.3 is 0 Å². The standard InChI is InChI=1S/C17H27N3O/c1-3-6-19-7-4-5-16(19)15-13-18-17(12-14(15)2)20-8-10-21-11-9-20/h12-13,16H,3-11H2,1-2H3/t16-/m0/s1. The smallest absolute Gasteiger partial charge is 0.128 e. The number of aromatic nitrogens is 1. The number of hydrogen-bond acceptors (Lipinski definition) is 4. The monoisotopic (exact) mass is 289 g/mol. The molecule has 2 aliphatic heterocycles. The van der Waals surface area contributed by atoms with Crippen molar-refractivity contribution in [1.29, 1.82) is 0 Å². The Balaban J connectivity index is 1.77. The number of anilines is 1. The van der Waals surface area contributed by atoms with Crippen LogP contribution in [-0.4, -0.2) is 49.3 Å². The first-order valence-electron chi connectivity index (χ1n) is 8.33. The Hall–Kier alpha value is -1.13. The third-order valence-electron chi connectivity index (χ3n) is 4.71. The van der Waals surface area contributed by atoms with Crippen molar-refractivity contribution in [3.05, 3.63) is 23.4 Å². The highest BCUT2D eigenvalue weighted by molar-refractivity contribution is 5.44. The van der Waals surface area contributed by atoms with Crippen LogP contribution < -0.4 is 4.90 Å². The van der Waals surface area contributed by atoms with Gasteiger partial charge in [0, 0.05) is 25.3 Å². The molecule has 2 saturated heterocycles. The first-order chi connectivity index (χ1) is 10.3. The second-order valence-electron chi connectivity index (χ2n) is 6.19. The molecule has 0 spiro atoms. The fourth-order valence-corrected chi connectivity index (χ4v) is 3.60. The molecule has 0 aliphatic carbocycles. The van der Waals surface area contributed by atoms with Gasteiger partial charge in [0.25, 0.3) is 0 Å². The molecule has 0 unspecified atom stereocenters. The highest BCUT2D eigenvalue weighted by atomic mass is 16.5. The van der Waals surface area contributed by atoms with E-state index in [9.17, 15) is 0 Å². The van der Waals surface area contributed by atoms with Crippen molar-refractivity contribution < 1.29 is 4.74 Å². The SMILES string of the molecule is CCCN1CCC[C@H]1c1cnc(N2CCOCC2)cc1C. The van der Waals surface area contributed by atoms with Crippen LogP contribution in [0.3, 0.4) is 0 Å². The maximum atomic E-state index is 5.42. The Kier molecular flexibility index (Phi) is 4.76. The Morgan fingerprint density at radius 2 is 2.10 bits per heavy atom. The molecule has 0 radical (unpaired) electrons. The largest absolute Gasteiger partial charge is 0.378 e. The number of rotatable bonds is 4. The molecule has 3 rings (SSSR count). The quantitative estimate of drug-likeness (QED) is 0.852. The Morgan fingerprint density at radius 1 is 1.29 bits per heavy atom. The summed E-state index contributed by atoms with van der Waals surface area (Å²) in [6.45, 7) is 10.5. The first kappa shape index (κ1) is 14.8. The minimum atomic E-state index is 0.580. The number of ether oxygens (including phenoxy) is 1. The van der Waals surface area contributed by atoms with Crippen LogP contribution in [0.1, 0.15) is 43.4 Å². The summed E-state index contributed by atoms with van der Waals surface area (Å²) in [5, 5.41) is 0. The van der Waals surface area contributed by atoms with Crippen molar-refractivity contribution in [2.45, 2.75) is 39.2 Å². The lowest BCUT2D eigenvalue weighted by molar-refractivity contribution is 0.122. The second-order valence-corrected chi connectivity index (χ2v) is 6.19. The van der Waals surface area contributed by atoms with Crippen LogP contribution in [0.4, 0.5) is 5.82 Å². The first-order valence-corrected chi connectivity index (χ1v) is 8.33. The predicted octanol–water partition coefficient (Wildman–Crippen LogP) is 2.77. The van der Waals surface area contributed by atoms with Crippen molar-refractivity contribution >= 4 is 5.82 Å². The fraction of sp³-hybridized carbons (Fsp3) is 0.706. The lowest BCUT2D eigenvalue weighted by Crippen LogP contribution is -2.36. The van der Waals surface area contributed by atoms with Crippen molar-refractivity contribution in [1.82, 2.24) is 9.88 Å². The summed E-state index contributed by atoms with van der Waals surface area (Å²) in [4.78, 5) is 9.70. The molecular weight excluding hydrogens is 262 g/mol. The van der Waals surface area contributed by atoms with E-state index in [1.165, 1.54) is 43.5 Å². The summed E-state index contributed by atoms with van der Waals surface area (Å²) in [7, 11) is 0. The van der Waals surface area contributed by atoms with Crippen LogP contribution in [0.25, 0.3) is 0 Å². The summed E-state index contributed by atoms with van der Waals surface area (Å²) in [5.74, 6) is 1.11. The third kappa shape index (κ3) is 3.22.